The second-order valence-corrected chi connectivity index (χ2v) is 3.04. The SMILES string of the molecule is COCCCCNc1ncc(C)[nH]1. The lowest BCUT2D eigenvalue weighted by molar-refractivity contribution is 0.193. The number of aromatic nitrogens is 2. The van der Waals surface area contributed by atoms with Crippen molar-refractivity contribution in [2.45, 2.75) is 19.8 Å². The molecule has 0 unspecified atom stereocenters. The molecule has 4 heteroatoms. The molecule has 4 nitrogen and oxygen atoms in total. The van der Waals surface area contributed by atoms with Crippen LogP contribution in [-0.4, -0.2) is 30.2 Å². The molecule has 1 heterocycles. The number of unbranched alkanes of at least 4 members (excludes halogenated alkanes) is 1. The van der Waals surface area contributed by atoms with Gasteiger partial charge >= 0.3 is 0 Å². The van der Waals surface area contributed by atoms with Crippen molar-refractivity contribution < 1.29 is 4.74 Å². The number of imidazole rings is 1. The zero-order valence-corrected chi connectivity index (χ0v) is 8.26. The summed E-state index contributed by atoms with van der Waals surface area (Å²) in [7, 11) is 1.73. The van der Waals surface area contributed by atoms with Crippen LogP contribution in [0.3, 0.4) is 0 Å². The number of anilines is 1. The first-order chi connectivity index (χ1) is 6.33. The average Bonchev–Trinajstić information content (AvgIpc) is 2.51. The quantitative estimate of drug-likeness (QED) is 0.658. The number of ether oxygens (including phenoxy) is 1. The maximum atomic E-state index is 4.95. The van der Waals surface area contributed by atoms with E-state index in [9.17, 15) is 0 Å². The Morgan fingerprint density at radius 2 is 2.38 bits per heavy atom. The van der Waals surface area contributed by atoms with E-state index in [0.717, 1.165) is 37.6 Å². The average molecular weight is 183 g/mol. The summed E-state index contributed by atoms with van der Waals surface area (Å²) in [6.45, 7) is 3.76. The molecule has 0 amide bonds. The highest BCUT2D eigenvalue weighted by molar-refractivity contribution is 5.25. The van der Waals surface area contributed by atoms with Crippen molar-refractivity contribution in [3.05, 3.63) is 11.9 Å². The molecule has 0 bridgehead atoms. The van der Waals surface area contributed by atoms with E-state index in [1.807, 2.05) is 13.1 Å². The summed E-state index contributed by atoms with van der Waals surface area (Å²) in [4.78, 5) is 7.25. The minimum Gasteiger partial charge on any atom is -0.385 e. The predicted molar refractivity (Wildman–Crippen MR) is 52.9 cm³/mol. The van der Waals surface area contributed by atoms with Gasteiger partial charge < -0.3 is 15.0 Å². The normalized spacial score (nSPS) is 10.3. The van der Waals surface area contributed by atoms with Crippen molar-refractivity contribution in [2.24, 2.45) is 0 Å². The van der Waals surface area contributed by atoms with E-state index < -0.39 is 0 Å². The third-order valence-corrected chi connectivity index (χ3v) is 1.77. The van der Waals surface area contributed by atoms with E-state index in [1.165, 1.54) is 0 Å². The summed E-state index contributed by atoms with van der Waals surface area (Å²) in [5, 5.41) is 3.20. The van der Waals surface area contributed by atoms with Gasteiger partial charge in [-0.2, -0.15) is 0 Å². The predicted octanol–water partition coefficient (Wildman–Crippen LogP) is 1.56. The molecule has 0 aromatic carbocycles. The molecule has 13 heavy (non-hydrogen) atoms. The van der Waals surface area contributed by atoms with Crippen LogP contribution in [0.15, 0.2) is 6.20 Å². The largest absolute Gasteiger partial charge is 0.385 e. The van der Waals surface area contributed by atoms with Gasteiger partial charge in [-0.15, -0.1) is 0 Å². The lowest BCUT2D eigenvalue weighted by atomic mass is 10.3. The number of hydrogen-bond donors (Lipinski definition) is 2. The van der Waals surface area contributed by atoms with Crippen molar-refractivity contribution in [3.8, 4) is 0 Å². The van der Waals surface area contributed by atoms with E-state index in [2.05, 4.69) is 15.3 Å². The molecule has 0 aliphatic rings. The Hall–Kier alpha value is -1.03. The van der Waals surface area contributed by atoms with Crippen LogP contribution in [0.5, 0.6) is 0 Å². The Bertz CT molecular complexity index is 235. The molecule has 0 fully saturated rings. The fourth-order valence-corrected chi connectivity index (χ4v) is 1.08. The van der Waals surface area contributed by atoms with E-state index in [4.69, 9.17) is 4.74 Å². The summed E-state index contributed by atoms with van der Waals surface area (Å²) in [6, 6.07) is 0. The molecule has 1 aromatic heterocycles. The molecule has 0 radical (unpaired) electrons. The lowest BCUT2D eigenvalue weighted by Gasteiger charge is -2.01. The third kappa shape index (κ3) is 3.94. The van der Waals surface area contributed by atoms with E-state index in [1.54, 1.807) is 7.11 Å². The van der Waals surface area contributed by atoms with Gasteiger partial charge in [0.1, 0.15) is 0 Å². The Labute approximate surface area is 78.7 Å². The molecular weight excluding hydrogens is 166 g/mol. The van der Waals surface area contributed by atoms with Gasteiger partial charge in [0.25, 0.3) is 0 Å². The molecule has 0 aliphatic carbocycles. The highest BCUT2D eigenvalue weighted by Gasteiger charge is 1.94. The van der Waals surface area contributed by atoms with E-state index in [-0.39, 0.29) is 0 Å². The van der Waals surface area contributed by atoms with Crippen LogP contribution >= 0.6 is 0 Å². The molecule has 0 saturated carbocycles. The molecule has 0 atom stereocenters. The first kappa shape index (κ1) is 10.1. The minimum atomic E-state index is 0.832. The topological polar surface area (TPSA) is 49.9 Å². The molecule has 1 rings (SSSR count). The fourth-order valence-electron chi connectivity index (χ4n) is 1.08. The molecule has 0 saturated heterocycles. The Morgan fingerprint density at radius 1 is 1.54 bits per heavy atom. The second kappa shape index (κ2) is 5.59. The molecule has 2 N–H and O–H groups in total. The van der Waals surface area contributed by atoms with Crippen molar-refractivity contribution in [1.29, 1.82) is 0 Å². The number of aryl methyl sites for hydroxylation is 1. The van der Waals surface area contributed by atoms with Crippen LogP contribution in [0, 0.1) is 6.92 Å². The first-order valence-corrected chi connectivity index (χ1v) is 4.57. The van der Waals surface area contributed by atoms with Gasteiger partial charge in [0.05, 0.1) is 0 Å². The van der Waals surface area contributed by atoms with Gasteiger partial charge in [-0.1, -0.05) is 0 Å². The number of aromatic amines is 1. The van der Waals surface area contributed by atoms with Crippen LogP contribution in [0.1, 0.15) is 18.5 Å². The van der Waals surface area contributed by atoms with E-state index in [0.29, 0.717) is 0 Å². The summed E-state index contributed by atoms with van der Waals surface area (Å²) in [5.41, 5.74) is 1.08. The molecule has 0 aliphatic heterocycles. The van der Waals surface area contributed by atoms with Gasteiger partial charge in [0, 0.05) is 32.2 Å². The Kier molecular flexibility index (Phi) is 4.32. The smallest absolute Gasteiger partial charge is 0.200 e. The number of hydrogen-bond acceptors (Lipinski definition) is 3. The van der Waals surface area contributed by atoms with Crippen LogP contribution < -0.4 is 5.32 Å². The van der Waals surface area contributed by atoms with Gasteiger partial charge in [-0.25, -0.2) is 4.98 Å². The fraction of sp³-hybridized carbons (Fsp3) is 0.667. The van der Waals surface area contributed by atoms with Crippen molar-refractivity contribution in [1.82, 2.24) is 9.97 Å². The highest BCUT2D eigenvalue weighted by atomic mass is 16.5. The zero-order chi connectivity index (χ0) is 9.52. The molecule has 1 aromatic rings. The number of nitrogens with zero attached hydrogens (tertiary/aromatic N) is 1. The standard InChI is InChI=1S/C9H17N3O/c1-8-7-11-9(12-8)10-5-3-4-6-13-2/h7H,3-6H2,1-2H3,(H2,10,11,12). The molecule has 0 spiro atoms. The number of methoxy groups -OCH3 is 1. The molecule has 74 valence electrons. The van der Waals surface area contributed by atoms with Crippen molar-refractivity contribution in [3.63, 3.8) is 0 Å². The minimum absolute atomic E-state index is 0.832. The lowest BCUT2D eigenvalue weighted by Crippen LogP contribution is -2.04. The summed E-state index contributed by atoms with van der Waals surface area (Å²) >= 11 is 0. The highest BCUT2D eigenvalue weighted by Crippen LogP contribution is 2.00. The monoisotopic (exact) mass is 183 g/mol. The zero-order valence-electron chi connectivity index (χ0n) is 8.26. The van der Waals surface area contributed by atoms with Gasteiger partial charge in [0.15, 0.2) is 5.95 Å². The maximum Gasteiger partial charge on any atom is 0.200 e. The van der Waals surface area contributed by atoms with Crippen LogP contribution in [-0.2, 0) is 4.74 Å². The van der Waals surface area contributed by atoms with Crippen LogP contribution in [0.4, 0.5) is 5.95 Å². The number of H-pyrrole nitrogens is 1. The third-order valence-electron chi connectivity index (χ3n) is 1.77. The second-order valence-electron chi connectivity index (χ2n) is 3.04. The summed E-state index contributed by atoms with van der Waals surface area (Å²) in [6.07, 6.45) is 4.01. The Morgan fingerprint density at radius 3 is 3.00 bits per heavy atom. The Balaban J connectivity index is 2.06. The number of rotatable bonds is 6. The number of nitrogens with one attached hydrogen (secondary N) is 2. The van der Waals surface area contributed by atoms with Crippen molar-refractivity contribution in [2.75, 3.05) is 25.6 Å². The summed E-state index contributed by atoms with van der Waals surface area (Å²) < 4.78 is 4.95. The van der Waals surface area contributed by atoms with Crippen LogP contribution in [0.25, 0.3) is 0 Å². The maximum absolute atomic E-state index is 4.95. The van der Waals surface area contributed by atoms with Gasteiger partial charge in [-0.05, 0) is 19.8 Å². The summed E-state index contributed by atoms with van der Waals surface area (Å²) in [5.74, 6) is 0.856. The molecular formula is C9H17N3O. The van der Waals surface area contributed by atoms with Crippen molar-refractivity contribution >= 4 is 5.95 Å². The van der Waals surface area contributed by atoms with Crippen LogP contribution in [0.2, 0.25) is 0 Å². The van der Waals surface area contributed by atoms with E-state index >= 15 is 0 Å². The first-order valence-electron chi connectivity index (χ1n) is 4.57. The van der Waals surface area contributed by atoms with Gasteiger partial charge in [0.2, 0.25) is 0 Å². The van der Waals surface area contributed by atoms with Gasteiger partial charge in [-0.3, -0.25) is 0 Å².